The lowest BCUT2D eigenvalue weighted by Gasteiger charge is -2.44. The summed E-state index contributed by atoms with van der Waals surface area (Å²) in [7, 11) is 0. The van der Waals surface area contributed by atoms with Crippen LogP contribution in [-0.4, -0.2) is 27.6 Å². The molecule has 3 aromatic heterocycles. The number of amides is 2. The average molecular weight is 545 g/mol. The molecular weight excluding hydrogens is 504 g/mol. The van der Waals surface area contributed by atoms with Gasteiger partial charge in [0.25, 0.3) is 5.91 Å². The van der Waals surface area contributed by atoms with Crippen molar-refractivity contribution in [2.75, 3.05) is 10.6 Å². The molecule has 0 aromatic carbocycles. The molecule has 2 fully saturated rings. The Labute approximate surface area is 235 Å². The second-order valence-electron chi connectivity index (χ2n) is 12.3. The van der Waals surface area contributed by atoms with E-state index in [4.69, 9.17) is 4.42 Å². The lowest BCUT2D eigenvalue weighted by Crippen LogP contribution is -2.37. The molecule has 0 saturated heterocycles. The van der Waals surface area contributed by atoms with Gasteiger partial charge in [0.2, 0.25) is 11.7 Å². The molecule has 8 nitrogen and oxygen atoms in total. The second-order valence-corrected chi connectivity index (χ2v) is 12.3. The number of nitrogens with zero attached hydrogens (tertiary/aromatic N) is 2. The van der Waals surface area contributed by atoms with Crippen molar-refractivity contribution in [2.45, 2.75) is 85.5 Å². The van der Waals surface area contributed by atoms with Gasteiger partial charge in [-0.25, -0.2) is 4.98 Å². The number of fused-ring (bicyclic) bond motifs is 1. The number of rotatable bonds is 6. The van der Waals surface area contributed by atoms with Gasteiger partial charge in [0.15, 0.2) is 0 Å². The number of pyridine rings is 2. The number of carbonyl (C=O) groups excluding carboxylic acids is 3. The van der Waals surface area contributed by atoms with E-state index in [0.29, 0.717) is 52.2 Å². The van der Waals surface area contributed by atoms with Crippen molar-refractivity contribution in [2.24, 2.45) is 23.2 Å². The summed E-state index contributed by atoms with van der Waals surface area (Å²) in [5, 5.41) is 6.46. The Morgan fingerprint density at radius 3 is 2.45 bits per heavy atom. The summed E-state index contributed by atoms with van der Waals surface area (Å²) in [6.07, 6.45) is 11.4. The van der Waals surface area contributed by atoms with Gasteiger partial charge >= 0.3 is 0 Å². The molecule has 1 unspecified atom stereocenters. The highest BCUT2D eigenvalue weighted by molar-refractivity contribution is 6.15. The monoisotopic (exact) mass is 544 g/mol. The van der Waals surface area contributed by atoms with Crippen LogP contribution in [0.15, 0.2) is 35.0 Å². The van der Waals surface area contributed by atoms with Gasteiger partial charge in [-0.2, -0.15) is 0 Å². The fourth-order valence-electron chi connectivity index (χ4n) is 6.69. The van der Waals surface area contributed by atoms with Crippen LogP contribution in [-0.2, 0) is 9.59 Å². The van der Waals surface area contributed by atoms with Crippen molar-refractivity contribution in [1.82, 2.24) is 9.97 Å². The fourth-order valence-corrected chi connectivity index (χ4v) is 6.69. The van der Waals surface area contributed by atoms with Crippen LogP contribution in [0.25, 0.3) is 11.0 Å². The third kappa shape index (κ3) is 5.81. The van der Waals surface area contributed by atoms with Gasteiger partial charge in [0.1, 0.15) is 22.9 Å². The first-order valence-electron chi connectivity index (χ1n) is 14.6. The summed E-state index contributed by atoms with van der Waals surface area (Å²) in [5.41, 5.74) is 2.58. The maximum Gasteiger partial charge on any atom is 0.294 e. The zero-order valence-corrected chi connectivity index (χ0v) is 24.0. The zero-order valence-electron chi connectivity index (χ0n) is 24.0. The number of aromatic nitrogens is 2. The zero-order chi connectivity index (χ0) is 28.4. The van der Waals surface area contributed by atoms with Gasteiger partial charge in [-0.05, 0) is 87.3 Å². The van der Waals surface area contributed by atoms with Crippen molar-refractivity contribution in [3.05, 3.63) is 47.6 Å². The molecule has 2 N–H and O–H groups in total. The van der Waals surface area contributed by atoms with E-state index >= 15 is 0 Å². The summed E-state index contributed by atoms with van der Waals surface area (Å²) in [5.74, 6) is 0.999. The SMILES string of the molecule is Cc1ccc(NC(=O)c2oc3ccnc(C)c3c2NC(=O)C2CCC(C(C)(C)C3CCCCC(=O)C3)CC2)nc1. The Hall–Kier alpha value is -3.55. The lowest BCUT2D eigenvalue weighted by molar-refractivity contribution is -0.121. The standard InChI is InChI=1S/C32H40N4O4/c1-19-9-14-26(34-18-19)35-31(39)29-28(27-20(2)33-16-15-25(27)40-29)36-30(38)21-10-12-22(13-11-21)32(3,4)23-7-5-6-8-24(37)17-23/h9,14-16,18,21-23H,5-8,10-13,17H2,1-4H3,(H,36,38)(H,34,35,39). The average Bonchev–Trinajstić information content (AvgIpc) is 3.15. The van der Waals surface area contributed by atoms with E-state index in [2.05, 4.69) is 34.4 Å². The predicted octanol–water partition coefficient (Wildman–Crippen LogP) is 7.01. The Morgan fingerprint density at radius 2 is 1.73 bits per heavy atom. The number of ketones is 1. The van der Waals surface area contributed by atoms with Crippen LogP contribution in [0.3, 0.4) is 0 Å². The van der Waals surface area contributed by atoms with Gasteiger partial charge in [0, 0.05) is 31.2 Å². The Bertz CT molecular complexity index is 1400. The molecule has 2 aliphatic rings. The minimum Gasteiger partial charge on any atom is -0.448 e. The lowest BCUT2D eigenvalue weighted by atomic mass is 9.61. The van der Waals surface area contributed by atoms with Crippen LogP contribution in [0, 0.1) is 37.0 Å². The number of hydrogen-bond donors (Lipinski definition) is 2. The summed E-state index contributed by atoms with van der Waals surface area (Å²) >= 11 is 0. The molecule has 8 heteroatoms. The highest BCUT2D eigenvalue weighted by Crippen LogP contribution is 2.48. The molecular formula is C32H40N4O4. The van der Waals surface area contributed by atoms with Crippen molar-refractivity contribution in [3.8, 4) is 0 Å². The normalized spacial score (nSPS) is 22.1. The van der Waals surface area contributed by atoms with Crippen LogP contribution in [0.4, 0.5) is 11.5 Å². The van der Waals surface area contributed by atoms with E-state index in [0.717, 1.165) is 56.9 Å². The highest BCUT2D eigenvalue weighted by atomic mass is 16.3. The van der Waals surface area contributed by atoms with E-state index < -0.39 is 5.91 Å². The molecule has 5 rings (SSSR count). The highest BCUT2D eigenvalue weighted by Gasteiger charge is 2.41. The van der Waals surface area contributed by atoms with Gasteiger partial charge in [-0.15, -0.1) is 0 Å². The number of Topliss-reactive ketones (excluding diaryl/α,β-unsaturated/α-hetero) is 1. The van der Waals surface area contributed by atoms with Crippen molar-refractivity contribution >= 4 is 40.1 Å². The first-order valence-corrected chi connectivity index (χ1v) is 14.6. The molecule has 0 spiro atoms. The van der Waals surface area contributed by atoms with E-state index in [1.165, 1.54) is 0 Å². The molecule has 1 atom stereocenters. The first kappa shape index (κ1) is 28.0. The third-order valence-electron chi connectivity index (χ3n) is 9.33. The van der Waals surface area contributed by atoms with E-state index in [1.807, 2.05) is 19.9 Å². The number of aryl methyl sites for hydroxylation is 2. The maximum atomic E-state index is 13.6. The predicted molar refractivity (Wildman–Crippen MR) is 155 cm³/mol. The number of carbonyl (C=O) groups is 3. The number of anilines is 2. The molecule has 0 radical (unpaired) electrons. The molecule has 3 heterocycles. The molecule has 2 saturated carbocycles. The largest absolute Gasteiger partial charge is 0.448 e. The quantitative estimate of drug-likeness (QED) is 0.323. The smallest absolute Gasteiger partial charge is 0.294 e. The van der Waals surface area contributed by atoms with Crippen LogP contribution < -0.4 is 10.6 Å². The van der Waals surface area contributed by atoms with Crippen LogP contribution in [0.2, 0.25) is 0 Å². The number of furan rings is 1. The van der Waals surface area contributed by atoms with Crippen molar-refractivity contribution < 1.29 is 18.8 Å². The van der Waals surface area contributed by atoms with Gasteiger partial charge in [-0.3, -0.25) is 19.4 Å². The second kappa shape index (κ2) is 11.5. The summed E-state index contributed by atoms with van der Waals surface area (Å²) in [4.78, 5) is 47.8. The Kier molecular flexibility index (Phi) is 8.06. The number of hydrogen-bond acceptors (Lipinski definition) is 6. The van der Waals surface area contributed by atoms with Gasteiger partial charge in [0.05, 0.1) is 11.1 Å². The molecule has 212 valence electrons. The van der Waals surface area contributed by atoms with Crippen molar-refractivity contribution in [3.63, 3.8) is 0 Å². The topological polar surface area (TPSA) is 114 Å². The molecule has 2 amide bonds. The van der Waals surface area contributed by atoms with Gasteiger partial charge < -0.3 is 15.1 Å². The molecule has 0 aliphatic heterocycles. The molecule has 3 aromatic rings. The fraction of sp³-hybridized carbons (Fsp3) is 0.531. The number of nitrogens with one attached hydrogen (secondary N) is 2. The Morgan fingerprint density at radius 1 is 0.950 bits per heavy atom. The summed E-state index contributed by atoms with van der Waals surface area (Å²) in [6, 6.07) is 5.29. The van der Waals surface area contributed by atoms with Crippen molar-refractivity contribution in [1.29, 1.82) is 0 Å². The van der Waals surface area contributed by atoms with E-state index in [9.17, 15) is 14.4 Å². The van der Waals surface area contributed by atoms with Crippen LogP contribution in [0.1, 0.15) is 93.4 Å². The minimum absolute atomic E-state index is 0.0367. The Balaban J connectivity index is 1.30. The summed E-state index contributed by atoms with van der Waals surface area (Å²) in [6.45, 7) is 8.40. The summed E-state index contributed by atoms with van der Waals surface area (Å²) < 4.78 is 5.95. The molecule has 40 heavy (non-hydrogen) atoms. The minimum atomic E-state index is -0.481. The maximum absolute atomic E-state index is 13.6. The van der Waals surface area contributed by atoms with Crippen LogP contribution >= 0.6 is 0 Å². The molecule has 2 aliphatic carbocycles. The van der Waals surface area contributed by atoms with E-state index in [-0.39, 0.29) is 23.0 Å². The third-order valence-corrected chi connectivity index (χ3v) is 9.33. The van der Waals surface area contributed by atoms with Gasteiger partial charge in [-0.1, -0.05) is 26.3 Å². The first-order chi connectivity index (χ1) is 19.1. The molecule has 0 bridgehead atoms. The van der Waals surface area contributed by atoms with Crippen LogP contribution in [0.5, 0.6) is 0 Å². The van der Waals surface area contributed by atoms with E-state index in [1.54, 1.807) is 24.5 Å².